The molecular weight excluding hydrogens is 291 g/mol. The minimum Gasteiger partial charge on any atom is -0.350 e. The third-order valence-corrected chi connectivity index (χ3v) is 2.82. The van der Waals surface area contributed by atoms with Crippen LogP contribution in [0.3, 0.4) is 0 Å². The van der Waals surface area contributed by atoms with Gasteiger partial charge in [0.05, 0.1) is 5.02 Å². The summed E-state index contributed by atoms with van der Waals surface area (Å²) in [6.07, 6.45) is 0. The van der Waals surface area contributed by atoms with Gasteiger partial charge in [-0.1, -0.05) is 11.6 Å². The number of hydrogen-bond acceptors (Lipinski definition) is 4. The summed E-state index contributed by atoms with van der Waals surface area (Å²) in [5, 5.41) is 6.39. The lowest BCUT2D eigenvalue weighted by Gasteiger charge is -2.21. The third-order valence-electron chi connectivity index (χ3n) is 2.53. The van der Waals surface area contributed by atoms with Crippen molar-refractivity contribution < 1.29 is 4.39 Å². The van der Waals surface area contributed by atoms with Crippen molar-refractivity contribution >= 4 is 29.1 Å². The van der Waals surface area contributed by atoms with Crippen molar-refractivity contribution in [2.75, 3.05) is 10.6 Å². The molecule has 2 N–H and O–H groups in total. The lowest BCUT2D eigenvalue weighted by molar-refractivity contribution is 0.625. The van der Waals surface area contributed by atoms with Gasteiger partial charge >= 0.3 is 0 Å². The molecule has 0 aliphatic rings. The minimum absolute atomic E-state index is 0.0684. The molecule has 0 saturated carbocycles. The van der Waals surface area contributed by atoms with Gasteiger partial charge in [-0.2, -0.15) is 4.98 Å². The summed E-state index contributed by atoms with van der Waals surface area (Å²) in [5.41, 5.74) is 1.36. The van der Waals surface area contributed by atoms with Gasteiger partial charge in [0.1, 0.15) is 11.6 Å². The van der Waals surface area contributed by atoms with Gasteiger partial charge in [-0.05, 0) is 45.9 Å². The molecule has 1 aromatic carbocycles. The van der Waals surface area contributed by atoms with E-state index in [0.717, 1.165) is 5.69 Å². The number of rotatable bonds is 3. The molecule has 0 atom stereocenters. The van der Waals surface area contributed by atoms with Crippen LogP contribution < -0.4 is 10.6 Å². The van der Waals surface area contributed by atoms with Gasteiger partial charge in [-0.25, -0.2) is 9.37 Å². The van der Waals surface area contributed by atoms with Crippen LogP contribution in [-0.2, 0) is 0 Å². The van der Waals surface area contributed by atoms with Crippen molar-refractivity contribution in [3.8, 4) is 0 Å². The van der Waals surface area contributed by atoms with Gasteiger partial charge in [0.2, 0.25) is 5.95 Å². The molecule has 0 bridgehead atoms. The van der Waals surface area contributed by atoms with E-state index in [1.165, 1.54) is 12.1 Å². The fraction of sp³-hybridized carbons (Fsp3) is 0.333. The monoisotopic (exact) mass is 308 g/mol. The molecule has 6 heteroatoms. The van der Waals surface area contributed by atoms with Crippen molar-refractivity contribution in [3.05, 3.63) is 40.8 Å². The number of benzene rings is 1. The number of nitrogens with zero attached hydrogens (tertiary/aromatic N) is 2. The lowest BCUT2D eigenvalue weighted by atomic mass is 10.1. The number of aromatic nitrogens is 2. The van der Waals surface area contributed by atoms with Gasteiger partial charge < -0.3 is 10.6 Å². The molecular formula is C15H18ClFN4. The van der Waals surface area contributed by atoms with E-state index in [2.05, 4.69) is 20.6 Å². The molecule has 0 spiro atoms. The SMILES string of the molecule is Cc1cc(Nc2ccc(F)c(Cl)c2)nc(NC(C)(C)C)n1. The first-order valence-electron chi connectivity index (χ1n) is 6.59. The molecule has 0 unspecified atom stereocenters. The summed E-state index contributed by atoms with van der Waals surface area (Å²) >= 11 is 5.77. The summed E-state index contributed by atoms with van der Waals surface area (Å²) < 4.78 is 13.2. The standard InChI is InChI=1S/C15H18ClFN4/c1-9-7-13(20-14(18-9)21-15(2,3)4)19-10-5-6-12(17)11(16)8-10/h5-8H,1-4H3,(H2,18,19,20,21). The molecule has 0 radical (unpaired) electrons. The Labute approximate surface area is 128 Å². The van der Waals surface area contributed by atoms with Crippen molar-refractivity contribution in [2.24, 2.45) is 0 Å². The number of hydrogen-bond donors (Lipinski definition) is 2. The van der Waals surface area contributed by atoms with E-state index in [4.69, 9.17) is 11.6 Å². The van der Waals surface area contributed by atoms with E-state index in [-0.39, 0.29) is 10.6 Å². The van der Waals surface area contributed by atoms with Crippen molar-refractivity contribution in [1.82, 2.24) is 9.97 Å². The fourth-order valence-electron chi connectivity index (χ4n) is 1.75. The van der Waals surface area contributed by atoms with Crippen LogP contribution in [0.25, 0.3) is 0 Å². The Hall–Kier alpha value is -1.88. The molecule has 1 aromatic heterocycles. The summed E-state index contributed by atoms with van der Waals surface area (Å²) in [4.78, 5) is 8.74. The molecule has 0 aliphatic carbocycles. The highest BCUT2D eigenvalue weighted by molar-refractivity contribution is 6.31. The van der Waals surface area contributed by atoms with E-state index in [1.54, 1.807) is 6.07 Å². The zero-order valence-corrected chi connectivity index (χ0v) is 13.2. The summed E-state index contributed by atoms with van der Waals surface area (Å²) in [5.74, 6) is 0.714. The maximum Gasteiger partial charge on any atom is 0.225 e. The second kappa shape index (κ2) is 5.85. The third kappa shape index (κ3) is 4.56. The first kappa shape index (κ1) is 15.5. The van der Waals surface area contributed by atoms with E-state index in [1.807, 2.05) is 33.8 Å². The van der Waals surface area contributed by atoms with Crippen LogP contribution in [0.1, 0.15) is 26.5 Å². The van der Waals surface area contributed by atoms with E-state index in [9.17, 15) is 4.39 Å². The smallest absolute Gasteiger partial charge is 0.225 e. The van der Waals surface area contributed by atoms with Crippen molar-refractivity contribution in [3.63, 3.8) is 0 Å². The second-order valence-corrected chi connectivity index (χ2v) is 6.25. The average molecular weight is 309 g/mol. The summed E-state index contributed by atoms with van der Waals surface area (Å²) in [6.45, 7) is 7.99. The number of halogens is 2. The van der Waals surface area contributed by atoms with Crippen LogP contribution >= 0.6 is 11.6 Å². The Morgan fingerprint density at radius 1 is 1.14 bits per heavy atom. The topological polar surface area (TPSA) is 49.8 Å². The molecule has 1 heterocycles. The molecule has 0 fully saturated rings. The quantitative estimate of drug-likeness (QED) is 0.874. The first-order valence-corrected chi connectivity index (χ1v) is 6.97. The van der Waals surface area contributed by atoms with Crippen LogP contribution in [0, 0.1) is 12.7 Å². The Morgan fingerprint density at radius 2 is 1.86 bits per heavy atom. The molecule has 0 amide bonds. The summed E-state index contributed by atoms with van der Waals surface area (Å²) in [7, 11) is 0. The van der Waals surface area contributed by atoms with Crippen LogP contribution in [0.15, 0.2) is 24.3 Å². The predicted octanol–water partition coefficient (Wildman–Crippen LogP) is 4.53. The normalized spacial score (nSPS) is 11.3. The zero-order chi connectivity index (χ0) is 15.6. The van der Waals surface area contributed by atoms with Crippen LogP contribution in [-0.4, -0.2) is 15.5 Å². The highest BCUT2D eigenvalue weighted by Gasteiger charge is 2.12. The zero-order valence-electron chi connectivity index (χ0n) is 12.5. The van der Waals surface area contributed by atoms with Gasteiger partial charge in [0, 0.05) is 23.0 Å². The Balaban J connectivity index is 2.25. The predicted molar refractivity (Wildman–Crippen MR) is 84.8 cm³/mol. The molecule has 112 valence electrons. The maximum atomic E-state index is 13.2. The van der Waals surface area contributed by atoms with Gasteiger partial charge in [0.25, 0.3) is 0 Å². The molecule has 21 heavy (non-hydrogen) atoms. The van der Waals surface area contributed by atoms with Crippen molar-refractivity contribution in [1.29, 1.82) is 0 Å². The maximum absolute atomic E-state index is 13.2. The van der Waals surface area contributed by atoms with E-state index >= 15 is 0 Å². The molecule has 2 rings (SSSR count). The number of nitrogens with one attached hydrogen (secondary N) is 2. The lowest BCUT2D eigenvalue weighted by Crippen LogP contribution is -2.27. The number of anilines is 3. The molecule has 4 nitrogen and oxygen atoms in total. The Kier molecular flexibility index (Phi) is 4.32. The highest BCUT2D eigenvalue weighted by Crippen LogP contribution is 2.23. The van der Waals surface area contributed by atoms with Crippen molar-refractivity contribution in [2.45, 2.75) is 33.2 Å². The molecule has 2 aromatic rings. The van der Waals surface area contributed by atoms with Crippen LogP contribution in [0.5, 0.6) is 0 Å². The summed E-state index contributed by atoms with van der Waals surface area (Å²) in [6, 6.07) is 6.25. The first-order chi connectivity index (χ1) is 9.73. The largest absolute Gasteiger partial charge is 0.350 e. The van der Waals surface area contributed by atoms with Crippen LogP contribution in [0.4, 0.5) is 21.8 Å². The van der Waals surface area contributed by atoms with E-state index < -0.39 is 5.82 Å². The number of aryl methyl sites for hydroxylation is 1. The minimum atomic E-state index is -0.448. The fourth-order valence-corrected chi connectivity index (χ4v) is 1.93. The van der Waals surface area contributed by atoms with Gasteiger partial charge in [-0.15, -0.1) is 0 Å². The molecule has 0 saturated heterocycles. The van der Waals surface area contributed by atoms with E-state index in [0.29, 0.717) is 17.5 Å². The Morgan fingerprint density at radius 3 is 2.48 bits per heavy atom. The highest BCUT2D eigenvalue weighted by atomic mass is 35.5. The van der Waals surface area contributed by atoms with Crippen LogP contribution in [0.2, 0.25) is 5.02 Å². The van der Waals surface area contributed by atoms with Gasteiger partial charge in [0.15, 0.2) is 0 Å². The van der Waals surface area contributed by atoms with Gasteiger partial charge in [-0.3, -0.25) is 0 Å². The average Bonchev–Trinajstić information content (AvgIpc) is 2.31. The second-order valence-electron chi connectivity index (χ2n) is 5.85. The molecule has 0 aliphatic heterocycles. The Bertz CT molecular complexity index is 653.